The van der Waals surface area contributed by atoms with Crippen molar-refractivity contribution in [1.82, 2.24) is 0 Å². The Labute approximate surface area is 98.5 Å². The summed E-state index contributed by atoms with van der Waals surface area (Å²) in [6, 6.07) is 4.47. The fraction of sp³-hybridized carbons (Fsp3) is 0.462. The van der Waals surface area contributed by atoms with Gasteiger partial charge in [0, 0.05) is 17.4 Å². The molecule has 0 aromatic heterocycles. The number of esters is 1. The number of hydrogen-bond donors (Lipinski definition) is 0. The Balaban J connectivity index is 1.88. The van der Waals surface area contributed by atoms with Gasteiger partial charge in [0.2, 0.25) is 0 Å². The van der Waals surface area contributed by atoms with Gasteiger partial charge in [-0.15, -0.1) is 0 Å². The maximum Gasteiger partial charge on any atom is 0.309 e. The first-order valence-corrected chi connectivity index (χ1v) is 5.81. The van der Waals surface area contributed by atoms with Crippen molar-refractivity contribution in [2.24, 2.45) is 11.8 Å². The molecule has 2 aliphatic rings. The summed E-state index contributed by atoms with van der Waals surface area (Å²) >= 11 is 0. The Hall–Kier alpha value is -1.58. The number of carbonyl (C=O) groups excluding carboxylic acids is 1. The molecule has 0 N–H and O–H groups in total. The van der Waals surface area contributed by atoms with Crippen LogP contribution in [-0.2, 0) is 9.53 Å². The van der Waals surface area contributed by atoms with Crippen molar-refractivity contribution in [2.45, 2.75) is 12.8 Å². The molecule has 90 valence electrons. The van der Waals surface area contributed by atoms with Crippen molar-refractivity contribution in [2.75, 3.05) is 13.2 Å². The molecule has 1 heterocycles. The van der Waals surface area contributed by atoms with E-state index in [1.807, 2.05) is 0 Å². The van der Waals surface area contributed by atoms with Crippen molar-refractivity contribution in [1.29, 1.82) is 0 Å². The van der Waals surface area contributed by atoms with Gasteiger partial charge < -0.3 is 9.47 Å². The van der Waals surface area contributed by atoms with E-state index >= 15 is 0 Å². The molecule has 0 bridgehead atoms. The van der Waals surface area contributed by atoms with Crippen LogP contribution in [0.1, 0.15) is 18.4 Å². The topological polar surface area (TPSA) is 35.5 Å². The zero-order valence-corrected chi connectivity index (χ0v) is 9.48. The molecule has 3 nitrogen and oxygen atoms in total. The third-order valence-electron chi connectivity index (χ3n) is 3.49. The molecule has 1 aromatic carbocycles. The molecule has 1 fully saturated rings. The van der Waals surface area contributed by atoms with E-state index in [9.17, 15) is 9.18 Å². The summed E-state index contributed by atoms with van der Waals surface area (Å²) in [6.07, 6.45) is 0. The number of halogens is 1. The van der Waals surface area contributed by atoms with Gasteiger partial charge >= 0.3 is 5.97 Å². The van der Waals surface area contributed by atoms with Crippen LogP contribution in [0.3, 0.4) is 0 Å². The predicted octanol–water partition coefficient (Wildman–Crippen LogP) is 2.11. The lowest BCUT2D eigenvalue weighted by Crippen LogP contribution is -2.10. The van der Waals surface area contributed by atoms with Gasteiger partial charge in [-0.1, -0.05) is 0 Å². The molecule has 0 saturated heterocycles. The van der Waals surface area contributed by atoms with Crippen LogP contribution in [-0.4, -0.2) is 19.2 Å². The Bertz CT molecular complexity index is 472. The summed E-state index contributed by atoms with van der Waals surface area (Å²) in [4.78, 5) is 11.7. The number of fused-ring (bicyclic) bond motifs is 3. The van der Waals surface area contributed by atoms with E-state index in [0.717, 1.165) is 5.56 Å². The maximum atomic E-state index is 13.2. The van der Waals surface area contributed by atoms with Crippen molar-refractivity contribution in [3.63, 3.8) is 0 Å². The minimum atomic E-state index is -0.289. The van der Waals surface area contributed by atoms with E-state index < -0.39 is 0 Å². The lowest BCUT2D eigenvalue weighted by atomic mass is 10.1. The first-order chi connectivity index (χ1) is 8.22. The van der Waals surface area contributed by atoms with Crippen LogP contribution in [0.15, 0.2) is 18.2 Å². The van der Waals surface area contributed by atoms with E-state index in [-0.39, 0.29) is 29.5 Å². The normalized spacial score (nSPS) is 28.7. The maximum absolute atomic E-state index is 13.2. The highest BCUT2D eigenvalue weighted by molar-refractivity contribution is 5.79. The van der Waals surface area contributed by atoms with E-state index in [4.69, 9.17) is 9.47 Å². The summed E-state index contributed by atoms with van der Waals surface area (Å²) in [7, 11) is 0. The zero-order chi connectivity index (χ0) is 12.0. The molecular formula is C13H13FO3. The Morgan fingerprint density at radius 2 is 2.41 bits per heavy atom. The van der Waals surface area contributed by atoms with Gasteiger partial charge in [-0.25, -0.2) is 4.39 Å². The number of ether oxygens (including phenoxy) is 2. The van der Waals surface area contributed by atoms with Gasteiger partial charge in [-0.3, -0.25) is 4.79 Å². The lowest BCUT2D eigenvalue weighted by Gasteiger charge is -2.15. The van der Waals surface area contributed by atoms with Crippen LogP contribution >= 0.6 is 0 Å². The van der Waals surface area contributed by atoms with Gasteiger partial charge in [-0.2, -0.15) is 0 Å². The minimum Gasteiger partial charge on any atom is -0.493 e. The third kappa shape index (κ3) is 1.59. The van der Waals surface area contributed by atoms with Crippen molar-refractivity contribution >= 4 is 5.97 Å². The van der Waals surface area contributed by atoms with E-state index in [2.05, 4.69) is 0 Å². The largest absolute Gasteiger partial charge is 0.493 e. The molecule has 0 spiro atoms. The number of carbonyl (C=O) groups is 1. The summed E-state index contributed by atoms with van der Waals surface area (Å²) in [5, 5.41) is 0. The minimum absolute atomic E-state index is 0.0773. The highest BCUT2D eigenvalue weighted by atomic mass is 19.1. The number of hydrogen-bond acceptors (Lipinski definition) is 3. The predicted molar refractivity (Wildman–Crippen MR) is 58.2 cm³/mol. The SMILES string of the molecule is CCOC(=O)C1[C@H]2COc3ccc(F)cc3[C@@H]12. The molecule has 1 unspecified atom stereocenters. The van der Waals surface area contributed by atoms with Crippen LogP contribution in [0.4, 0.5) is 4.39 Å². The van der Waals surface area contributed by atoms with Crippen molar-refractivity contribution in [3.05, 3.63) is 29.6 Å². The molecular weight excluding hydrogens is 223 g/mol. The molecule has 17 heavy (non-hydrogen) atoms. The standard InChI is InChI=1S/C13H13FO3/c1-2-16-13(15)12-9-6-17-10-4-3-7(14)5-8(10)11(9)12/h3-5,9,11-12H,2,6H2,1H3/t9-,11+,12?/m0/s1. The first-order valence-electron chi connectivity index (χ1n) is 5.81. The van der Waals surface area contributed by atoms with E-state index in [1.54, 1.807) is 13.0 Å². The zero-order valence-electron chi connectivity index (χ0n) is 9.48. The second-order valence-electron chi connectivity index (χ2n) is 4.46. The monoisotopic (exact) mass is 236 g/mol. The lowest BCUT2D eigenvalue weighted by molar-refractivity contribution is -0.145. The quantitative estimate of drug-likeness (QED) is 0.738. The van der Waals surface area contributed by atoms with Gasteiger partial charge in [-0.05, 0) is 25.1 Å². The molecule has 1 aliphatic heterocycles. The van der Waals surface area contributed by atoms with E-state index in [1.165, 1.54) is 12.1 Å². The van der Waals surface area contributed by atoms with Gasteiger partial charge in [0.15, 0.2) is 0 Å². The molecule has 4 heteroatoms. The molecule has 1 saturated carbocycles. The highest BCUT2D eigenvalue weighted by Crippen LogP contribution is 2.59. The Morgan fingerprint density at radius 3 is 3.18 bits per heavy atom. The third-order valence-corrected chi connectivity index (χ3v) is 3.49. The average Bonchev–Trinajstić information content (AvgIpc) is 3.04. The summed E-state index contributed by atoms with van der Waals surface area (Å²) in [5.74, 6) is 0.292. The number of rotatable bonds is 2. The molecule has 3 atom stereocenters. The van der Waals surface area contributed by atoms with Crippen LogP contribution < -0.4 is 4.74 Å². The molecule has 1 aliphatic carbocycles. The Kier molecular flexibility index (Phi) is 2.31. The Morgan fingerprint density at radius 1 is 1.59 bits per heavy atom. The first kappa shape index (κ1) is 10.6. The fourth-order valence-electron chi connectivity index (χ4n) is 2.66. The van der Waals surface area contributed by atoms with Crippen LogP contribution in [0, 0.1) is 17.7 Å². The van der Waals surface area contributed by atoms with Gasteiger partial charge in [0.05, 0.1) is 19.1 Å². The molecule has 0 amide bonds. The molecule has 3 rings (SSSR count). The fourth-order valence-corrected chi connectivity index (χ4v) is 2.66. The van der Waals surface area contributed by atoms with Crippen LogP contribution in [0.5, 0.6) is 5.75 Å². The highest BCUT2D eigenvalue weighted by Gasteiger charge is 2.59. The second-order valence-corrected chi connectivity index (χ2v) is 4.46. The molecule has 0 radical (unpaired) electrons. The van der Waals surface area contributed by atoms with Gasteiger partial charge in [0.25, 0.3) is 0 Å². The second kappa shape index (κ2) is 3.72. The number of benzene rings is 1. The van der Waals surface area contributed by atoms with E-state index in [0.29, 0.717) is 19.0 Å². The summed E-state index contributed by atoms with van der Waals surface area (Å²) in [5.41, 5.74) is 0.805. The average molecular weight is 236 g/mol. The van der Waals surface area contributed by atoms with Gasteiger partial charge in [0.1, 0.15) is 11.6 Å². The molecule has 1 aromatic rings. The smallest absolute Gasteiger partial charge is 0.309 e. The summed E-state index contributed by atoms with van der Waals surface area (Å²) in [6.45, 7) is 2.69. The van der Waals surface area contributed by atoms with Crippen molar-refractivity contribution in [3.8, 4) is 5.75 Å². The van der Waals surface area contributed by atoms with Crippen molar-refractivity contribution < 1.29 is 18.7 Å². The summed E-state index contributed by atoms with van der Waals surface area (Å²) < 4.78 is 23.7. The van der Waals surface area contributed by atoms with Crippen LogP contribution in [0.25, 0.3) is 0 Å². The van der Waals surface area contributed by atoms with Crippen LogP contribution in [0.2, 0.25) is 0 Å².